The van der Waals surface area contributed by atoms with Crippen LogP contribution in [0, 0.1) is 6.92 Å². The zero-order valence-corrected chi connectivity index (χ0v) is 10.6. The van der Waals surface area contributed by atoms with Gasteiger partial charge < -0.3 is 10.3 Å². The number of nitrogens with one attached hydrogen (secondary N) is 3. The molecule has 96 valence electrons. The molecule has 1 aromatic heterocycles. The molecule has 0 unspecified atom stereocenters. The Labute approximate surface area is 100 Å². The first-order valence-corrected chi connectivity index (χ1v) is 6.72. The molecule has 17 heavy (non-hydrogen) atoms. The molecule has 0 atom stereocenters. The second-order valence-electron chi connectivity index (χ2n) is 3.43. The molecule has 7 nitrogen and oxygen atoms in total. The SMILES string of the molecule is CCNC(=O)CCNS(=O)(=O)c1cnc(C)[nH]1. The van der Waals surface area contributed by atoms with Gasteiger partial charge in [0.1, 0.15) is 5.82 Å². The zero-order chi connectivity index (χ0) is 12.9. The van der Waals surface area contributed by atoms with Gasteiger partial charge in [-0.2, -0.15) is 0 Å². The molecule has 0 bridgehead atoms. The van der Waals surface area contributed by atoms with Crippen LogP contribution in [0.15, 0.2) is 11.2 Å². The van der Waals surface area contributed by atoms with Gasteiger partial charge in [-0.25, -0.2) is 18.1 Å². The third-order valence-electron chi connectivity index (χ3n) is 1.99. The Morgan fingerprint density at radius 1 is 1.53 bits per heavy atom. The van der Waals surface area contributed by atoms with Crippen molar-refractivity contribution in [3.05, 3.63) is 12.0 Å². The topological polar surface area (TPSA) is 104 Å². The van der Waals surface area contributed by atoms with Gasteiger partial charge in [0.15, 0.2) is 5.03 Å². The Morgan fingerprint density at radius 3 is 2.76 bits per heavy atom. The third-order valence-corrected chi connectivity index (χ3v) is 3.36. The second-order valence-corrected chi connectivity index (χ2v) is 5.17. The van der Waals surface area contributed by atoms with Crippen LogP contribution < -0.4 is 10.0 Å². The number of hydrogen-bond acceptors (Lipinski definition) is 4. The number of H-pyrrole nitrogens is 1. The van der Waals surface area contributed by atoms with Crippen LogP contribution in [0.2, 0.25) is 0 Å². The minimum atomic E-state index is -3.60. The van der Waals surface area contributed by atoms with E-state index in [4.69, 9.17) is 0 Å². The van der Waals surface area contributed by atoms with E-state index in [-0.39, 0.29) is 23.9 Å². The van der Waals surface area contributed by atoms with Crippen molar-refractivity contribution in [3.63, 3.8) is 0 Å². The van der Waals surface area contributed by atoms with E-state index in [0.29, 0.717) is 12.4 Å². The van der Waals surface area contributed by atoms with Crippen molar-refractivity contribution >= 4 is 15.9 Å². The lowest BCUT2D eigenvalue weighted by atomic mass is 10.4. The Kier molecular flexibility index (Phi) is 4.64. The fraction of sp³-hybridized carbons (Fsp3) is 0.556. The number of imidazole rings is 1. The Balaban J connectivity index is 2.49. The summed E-state index contributed by atoms with van der Waals surface area (Å²) in [6.45, 7) is 4.06. The molecule has 0 aromatic carbocycles. The van der Waals surface area contributed by atoms with Crippen LogP contribution in [0.5, 0.6) is 0 Å². The normalized spacial score (nSPS) is 11.4. The third kappa shape index (κ3) is 4.16. The van der Waals surface area contributed by atoms with Crippen LogP contribution in [0.25, 0.3) is 0 Å². The molecular formula is C9H16N4O3S. The highest BCUT2D eigenvalue weighted by Crippen LogP contribution is 2.04. The van der Waals surface area contributed by atoms with E-state index in [0.717, 1.165) is 0 Å². The number of amides is 1. The minimum absolute atomic E-state index is 0.00546. The van der Waals surface area contributed by atoms with Crippen LogP contribution in [0.4, 0.5) is 0 Å². The molecule has 0 saturated heterocycles. The molecule has 0 fully saturated rings. The summed E-state index contributed by atoms with van der Waals surface area (Å²) >= 11 is 0. The van der Waals surface area contributed by atoms with Crippen molar-refractivity contribution in [2.75, 3.05) is 13.1 Å². The quantitative estimate of drug-likeness (QED) is 0.642. The second kappa shape index (κ2) is 5.78. The Bertz CT molecular complexity index is 480. The highest BCUT2D eigenvalue weighted by atomic mass is 32.2. The first kappa shape index (κ1) is 13.7. The number of rotatable bonds is 6. The van der Waals surface area contributed by atoms with Crippen LogP contribution in [0.1, 0.15) is 19.2 Å². The lowest BCUT2D eigenvalue weighted by Gasteiger charge is -2.04. The van der Waals surface area contributed by atoms with E-state index in [1.165, 1.54) is 6.20 Å². The van der Waals surface area contributed by atoms with Gasteiger partial charge in [-0.05, 0) is 13.8 Å². The monoisotopic (exact) mass is 260 g/mol. The van der Waals surface area contributed by atoms with E-state index in [2.05, 4.69) is 20.0 Å². The van der Waals surface area contributed by atoms with Gasteiger partial charge in [0.25, 0.3) is 10.0 Å². The molecule has 0 spiro atoms. The number of aromatic amines is 1. The van der Waals surface area contributed by atoms with Crippen LogP contribution in [-0.4, -0.2) is 37.4 Å². The average Bonchev–Trinajstić information content (AvgIpc) is 2.65. The number of aromatic nitrogens is 2. The van der Waals surface area contributed by atoms with Crippen molar-refractivity contribution in [3.8, 4) is 0 Å². The summed E-state index contributed by atoms with van der Waals surface area (Å²) in [6.07, 6.45) is 1.35. The summed E-state index contributed by atoms with van der Waals surface area (Å²) in [4.78, 5) is 17.5. The van der Waals surface area contributed by atoms with Gasteiger partial charge >= 0.3 is 0 Å². The van der Waals surface area contributed by atoms with Gasteiger partial charge in [-0.1, -0.05) is 0 Å². The summed E-state index contributed by atoms with van der Waals surface area (Å²) in [5.74, 6) is 0.338. The highest BCUT2D eigenvalue weighted by Gasteiger charge is 2.16. The van der Waals surface area contributed by atoms with Crippen molar-refractivity contribution < 1.29 is 13.2 Å². The predicted molar refractivity (Wildman–Crippen MR) is 61.8 cm³/mol. The number of nitrogens with zero attached hydrogens (tertiary/aromatic N) is 1. The maximum atomic E-state index is 11.7. The number of aryl methyl sites for hydroxylation is 1. The number of carbonyl (C=O) groups excluding carboxylic acids is 1. The van der Waals surface area contributed by atoms with E-state index in [1.807, 2.05) is 0 Å². The molecule has 0 aliphatic carbocycles. The van der Waals surface area contributed by atoms with Crippen LogP contribution >= 0.6 is 0 Å². The standard InChI is InChI=1S/C9H16N4O3S/c1-3-10-8(14)4-5-12-17(15,16)9-6-11-7(2)13-9/h6,12H,3-5H2,1-2H3,(H,10,14)(H,11,13). The molecule has 1 amide bonds. The van der Waals surface area contributed by atoms with Gasteiger partial charge in [0.05, 0.1) is 6.20 Å². The van der Waals surface area contributed by atoms with Gasteiger partial charge in [-0.3, -0.25) is 4.79 Å². The molecule has 1 aromatic rings. The van der Waals surface area contributed by atoms with Gasteiger partial charge in [-0.15, -0.1) is 0 Å². The van der Waals surface area contributed by atoms with Crippen molar-refractivity contribution in [2.24, 2.45) is 0 Å². The van der Waals surface area contributed by atoms with Crippen molar-refractivity contribution in [2.45, 2.75) is 25.3 Å². The first-order chi connectivity index (χ1) is 7.95. The smallest absolute Gasteiger partial charge is 0.257 e. The van der Waals surface area contributed by atoms with E-state index >= 15 is 0 Å². The summed E-state index contributed by atoms with van der Waals surface area (Å²) in [5.41, 5.74) is 0. The molecule has 8 heteroatoms. The average molecular weight is 260 g/mol. The highest BCUT2D eigenvalue weighted by molar-refractivity contribution is 7.89. The Morgan fingerprint density at radius 2 is 2.24 bits per heavy atom. The van der Waals surface area contributed by atoms with Gasteiger partial charge in [0, 0.05) is 19.5 Å². The van der Waals surface area contributed by atoms with Crippen molar-refractivity contribution in [1.29, 1.82) is 0 Å². The summed E-state index contributed by atoms with van der Waals surface area (Å²) in [6, 6.07) is 0. The first-order valence-electron chi connectivity index (χ1n) is 5.23. The zero-order valence-electron chi connectivity index (χ0n) is 9.78. The fourth-order valence-corrected chi connectivity index (χ4v) is 2.20. The number of carbonyl (C=O) groups is 1. The summed E-state index contributed by atoms with van der Waals surface area (Å²) in [5, 5.41) is 2.59. The molecule has 0 aliphatic rings. The Hall–Kier alpha value is -1.41. The lowest BCUT2D eigenvalue weighted by molar-refractivity contribution is -0.120. The molecular weight excluding hydrogens is 244 g/mol. The predicted octanol–water partition coefficient (Wildman–Crippen LogP) is -0.477. The molecule has 1 heterocycles. The number of hydrogen-bond donors (Lipinski definition) is 3. The summed E-state index contributed by atoms with van der Waals surface area (Å²) < 4.78 is 25.7. The molecule has 0 aliphatic heterocycles. The fourth-order valence-electron chi connectivity index (χ4n) is 1.20. The lowest BCUT2D eigenvalue weighted by Crippen LogP contribution is -2.30. The molecule has 1 rings (SSSR count). The molecule has 0 saturated carbocycles. The van der Waals surface area contributed by atoms with E-state index in [9.17, 15) is 13.2 Å². The largest absolute Gasteiger partial charge is 0.356 e. The number of sulfonamides is 1. The van der Waals surface area contributed by atoms with Crippen LogP contribution in [0.3, 0.4) is 0 Å². The molecule has 3 N–H and O–H groups in total. The maximum absolute atomic E-state index is 11.7. The minimum Gasteiger partial charge on any atom is -0.356 e. The van der Waals surface area contributed by atoms with Crippen LogP contribution in [-0.2, 0) is 14.8 Å². The molecule has 0 radical (unpaired) electrons. The maximum Gasteiger partial charge on any atom is 0.257 e. The van der Waals surface area contributed by atoms with Gasteiger partial charge in [0.2, 0.25) is 5.91 Å². The van der Waals surface area contributed by atoms with E-state index < -0.39 is 10.0 Å². The van der Waals surface area contributed by atoms with E-state index in [1.54, 1.807) is 13.8 Å². The van der Waals surface area contributed by atoms with Crippen molar-refractivity contribution in [1.82, 2.24) is 20.0 Å². The summed E-state index contributed by atoms with van der Waals surface area (Å²) in [7, 11) is -3.60.